The fraction of sp³-hybridized carbons (Fsp3) is 0.321. The second-order valence-electron chi connectivity index (χ2n) is 9.73. The Kier molecular flexibility index (Phi) is 7.35. The van der Waals surface area contributed by atoms with E-state index in [0.29, 0.717) is 52.5 Å². The molecule has 214 valence electrons. The number of rotatable bonds is 7. The molecule has 41 heavy (non-hydrogen) atoms. The van der Waals surface area contributed by atoms with E-state index in [-0.39, 0.29) is 30.3 Å². The van der Waals surface area contributed by atoms with Crippen molar-refractivity contribution in [2.24, 2.45) is 12.0 Å². The fourth-order valence-electron chi connectivity index (χ4n) is 5.12. The van der Waals surface area contributed by atoms with Crippen LogP contribution >= 0.6 is 0 Å². The van der Waals surface area contributed by atoms with Gasteiger partial charge in [0.15, 0.2) is 17.2 Å². The highest BCUT2D eigenvalue weighted by Crippen LogP contribution is 2.37. The highest BCUT2D eigenvalue weighted by molar-refractivity contribution is 5.94. The van der Waals surface area contributed by atoms with E-state index in [1.807, 2.05) is 18.2 Å². The first-order chi connectivity index (χ1) is 19.6. The van der Waals surface area contributed by atoms with Crippen LogP contribution in [0.3, 0.4) is 0 Å². The number of methoxy groups -OCH3 is 2. The summed E-state index contributed by atoms with van der Waals surface area (Å²) >= 11 is 0. The summed E-state index contributed by atoms with van der Waals surface area (Å²) in [6.45, 7) is 4.06. The molecule has 5 rings (SSSR count). The SMILES string of the molecule is COc1cc2c(cc1OC)-c1c/c(=N\c3c(C)cc(F)cc3C)n(CCNC(=O)c3c(O)nnn3C)c(=O)n1CC2. The summed E-state index contributed by atoms with van der Waals surface area (Å²) in [5.74, 6) is -0.324. The molecule has 4 aromatic rings. The van der Waals surface area contributed by atoms with Gasteiger partial charge in [-0.25, -0.2) is 18.9 Å². The zero-order chi connectivity index (χ0) is 29.4. The quantitative estimate of drug-likeness (QED) is 0.351. The van der Waals surface area contributed by atoms with Gasteiger partial charge >= 0.3 is 5.69 Å². The van der Waals surface area contributed by atoms with Gasteiger partial charge in [-0.1, -0.05) is 10.3 Å². The lowest BCUT2D eigenvalue weighted by Crippen LogP contribution is -2.44. The number of benzene rings is 2. The predicted molar refractivity (Wildman–Crippen MR) is 147 cm³/mol. The van der Waals surface area contributed by atoms with Crippen molar-refractivity contribution in [3.63, 3.8) is 0 Å². The smallest absolute Gasteiger partial charge is 0.330 e. The Bertz CT molecular complexity index is 1760. The molecule has 0 unspecified atom stereocenters. The lowest BCUT2D eigenvalue weighted by Gasteiger charge is -2.24. The Morgan fingerprint density at radius 1 is 1.12 bits per heavy atom. The predicted octanol–water partition coefficient (Wildman–Crippen LogP) is 2.14. The summed E-state index contributed by atoms with van der Waals surface area (Å²) in [7, 11) is 4.61. The maximum Gasteiger partial charge on any atom is 0.330 e. The van der Waals surface area contributed by atoms with Gasteiger partial charge in [-0.05, 0) is 61.2 Å². The minimum atomic E-state index is -0.590. The van der Waals surface area contributed by atoms with E-state index in [1.54, 1.807) is 32.6 Å². The number of fused-ring (bicyclic) bond motifs is 3. The number of aromatic hydroxyl groups is 1. The van der Waals surface area contributed by atoms with Gasteiger partial charge in [0.2, 0.25) is 0 Å². The van der Waals surface area contributed by atoms with E-state index in [4.69, 9.17) is 14.5 Å². The molecule has 1 aliphatic heterocycles. The van der Waals surface area contributed by atoms with Crippen LogP contribution in [0, 0.1) is 19.7 Å². The Morgan fingerprint density at radius 2 is 1.80 bits per heavy atom. The number of nitrogens with zero attached hydrogens (tertiary/aromatic N) is 6. The van der Waals surface area contributed by atoms with Crippen LogP contribution in [0.4, 0.5) is 10.1 Å². The highest BCUT2D eigenvalue weighted by atomic mass is 19.1. The van der Waals surface area contributed by atoms with Gasteiger partial charge in [0.05, 0.1) is 25.6 Å². The summed E-state index contributed by atoms with van der Waals surface area (Å²) in [5.41, 5.74) is 4.16. The molecule has 13 heteroatoms. The summed E-state index contributed by atoms with van der Waals surface area (Å²) in [4.78, 5) is 31.4. The fourth-order valence-corrected chi connectivity index (χ4v) is 5.12. The summed E-state index contributed by atoms with van der Waals surface area (Å²) < 4.78 is 29.3. The van der Waals surface area contributed by atoms with Crippen LogP contribution in [-0.2, 0) is 26.6 Å². The van der Waals surface area contributed by atoms with E-state index < -0.39 is 11.8 Å². The number of aromatic nitrogens is 5. The van der Waals surface area contributed by atoms with Crippen molar-refractivity contribution in [3.05, 3.63) is 74.5 Å². The molecule has 2 aromatic carbocycles. The molecule has 0 atom stereocenters. The maximum absolute atomic E-state index is 14.0. The van der Waals surface area contributed by atoms with Crippen molar-refractivity contribution in [1.29, 1.82) is 0 Å². The number of amides is 1. The van der Waals surface area contributed by atoms with Gasteiger partial charge in [0, 0.05) is 38.3 Å². The molecule has 0 saturated carbocycles. The van der Waals surface area contributed by atoms with E-state index in [0.717, 1.165) is 15.8 Å². The molecule has 1 aliphatic rings. The zero-order valence-corrected chi connectivity index (χ0v) is 23.4. The van der Waals surface area contributed by atoms with Gasteiger partial charge in [-0.15, -0.1) is 0 Å². The number of nitrogens with one attached hydrogen (secondary N) is 1. The van der Waals surface area contributed by atoms with Crippen LogP contribution in [-0.4, -0.2) is 55.9 Å². The summed E-state index contributed by atoms with van der Waals surface area (Å²) in [6, 6.07) is 8.35. The van der Waals surface area contributed by atoms with Crippen LogP contribution in [0.5, 0.6) is 17.4 Å². The van der Waals surface area contributed by atoms with Crippen LogP contribution in [0.1, 0.15) is 27.2 Å². The molecular weight excluding hydrogens is 533 g/mol. The molecule has 0 radical (unpaired) electrons. The van der Waals surface area contributed by atoms with Crippen molar-refractivity contribution in [2.45, 2.75) is 33.4 Å². The van der Waals surface area contributed by atoms with Crippen molar-refractivity contribution < 1.29 is 23.8 Å². The Balaban J connectivity index is 1.63. The van der Waals surface area contributed by atoms with Crippen molar-refractivity contribution >= 4 is 11.6 Å². The molecule has 0 saturated heterocycles. The van der Waals surface area contributed by atoms with Gasteiger partial charge in [0.25, 0.3) is 11.8 Å². The molecule has 1 amide bonds. The van der Waals surface area contributed by atoms with E-state index >= 15 is 0 Å². The first kappa shape index (κ1) is 27.6. The number of aryl methyl sites for hydroxylation is 4. The zero-order valence-electron chi connectivity index (χ0n) is 23.4. The topological polar surface area (TPSA) is 138 Å². The van der Waals surface area contributed by atoms with Crippen molar-refractivity contribution in [1.82, 2.24) is 29.4 Å². The van der Waals surface area contributed by atoms with Gasteiger partial charge in [-0.3, -0.25) is 13.9 Å². The minimum Gasteiger partial charge on any atom is -0.493 e. The summed E-state index contributed by atoms with van der Waals surface area (Å²) in [5, 5.41) is 19.7. The molecule has 0 fully saturated rings. The van der Waals surface area contributed by atoms with Gasteiger partial charge < -0.3 is 19.9 Å². The molecule has 12 nitrogen and oxygen atoms in total. The van der Waals surface area contributed by atoms with Crippen molar-refractivity contribution in [2.75, 3.05) is 20.8 Å². The molecule has 0 bridgehead atoms. The monoisotopic (exact) mass is 563 g/mol. The minimum absolute atomic E-state index is 0.0498. The van der Waals surface area contributed by atoms with Crippen LogP contribution in [0.15, 0.2) is 40.1 Å². The third kappa shape index (κ3) is 5.06. The average molecular weight is 564 g/mol. The normalized spacial score (nSPS) is 12.6. The van der Waals surface area contributed by atoms with Gasteiger partial charge in [0.1, 0.15) is 11.3 Å². The second-order valence-corrected chi connectivity index (χ2v) is 9.73. The largest absolute Gasteiger partial charge is 0.493 e. The number of halogens is 1. The maximum atomic E-state index is 14.0. The first-order valence-electron chi connectivity index (χ1n) is 12.9. The molecular formula is C28H30FN7O5. The lowest BCUT2D eigenvalue weighted by atomic mass is 9.97. The number of hydrogen-bond acceptors (Lipinski definition) is 8. The van der Waals surface area contributed by atoms with Crippen LogP contribution < -0.4 is 26.0 Å². The first-order valence-corrected chi connectivity index (χ1v) is 12.9. The summed E-state index contributed by atoms with van der Waals surface area (Å²) in [6.07, 6.45) is 0.596. The number of carbonyl (C=O) groups excluding carboxylic acids is 1. The third-order valence-corrected chi connectivity index (χ3v) is 7.11. The third-order valence-electron chi connectivity index (χ3n) is 7.11. The van der Waals surface area contributed by atoms with E-state index in [2.05, 4.69) is 15.6 Å². The Labute approximate surface area is 234 Å². The Morgan fingerprint density at radius 3 is 2.44 bits per heavy atom. The molecule has 2 aromatic heterocycles. The number of carbonyl (C=O) groups is 1. The number of ether oxygens (including phenoxy) is 2. The van der Waals surface area contributed by atoms with Crippen LogP contribution in [0.25, 0.3) is 11.3 Å². The second kappa shape index (κ2) is 10.9. The molecule has 0 spiro atoms. The molecule has 2 N–H and O–H groups in total. The number of hydrogen-bond donors (Lipinski definition) is 2. The van der Waals surface area contributed by atoms with Gasteiger partial charge in [-0.2, -0.15) is 0 Å². The van der Waals surface area contributed by atoms with E-state index in [9.17, 15) is 19.1 Å². The standard InChI is InChI=1S/C28H30FN7O5/c1-15-10-18(29)11-16(2)24(15)31-23-14-20-19-13-22(41-5)21(40-4)12-17(19)6-8-35(20)28(39)36(23)9-7-30-26(37)25-27(38)32-33-34(25)3/h10-14,38H,6-9H2,1-5H3,(H,30,37)/b31-23+. The Hall–Kier alpha value is -4.94. The molecule has 3 heterocycles. The van der Waals surface area contributed by atoms with Crippen molar-refractivity contribution in [3.8, 4) is 28.6 Å². The highest BCUT2D eigenvalue weighted by Gasteiger charge is 2.23. The van der Waals surface area contributed by atoms with Crippen LogP contribution in [0.2, 0.25) is 0 Å². The lowest BCUT2D eigenvalue weighted by molar-refractivity contribution is 0.0939. The molecule has 0 aliphatic carbocycles. The average Bonchev–Trinajstić information content (AvgIpc) is 3.28. The van der Waals surface area contributed by atoms with E-state index in [1.165, 1.54) is 23.7 Å².